The Hall–Kier alpha value is -2.03. The molecule has 3 rings (SSSR count). The Labute approximate surface area is 140 Å². The largest absolute Gasteiger partial charge is 0.392 e. The van der Waals surface area contributed by atoms with Gasteiger partial charge < -0.3 is 5.32 Å². The van der Waals surface area contributed by atoms with Crippen molar-refractivity contribution < 1.29 is 18.0 Å². The molecule has 0 radical (unpaired) electrons. The quantitative estimate of drug-likeness (QED) is 0.905. The van der Waals surface area contributed by atoms with Crippen LogP contribution < -0.4 is 5.32 Å². The van der Waals surface area contributed by atoms with E-state index in [0.717, 1.165) is 11.3 Å². The third-order valence-electron chi connectivity index (χ3n) is 4.06. The van der Waals surface area contributed by atoms with E-state index in [0.29, 0.717) is 23.5 Å². The van der Waals surface area contributed by atoms with Crippen molar-refractivity contribution in [2.24, 2.45) is 11.8 Å². The van der Waals surface area contributed by atoms with Crippen LogP contribution in [0.3, 0.4) is 0 Å². The minimum Gasteiger partial charge on any atom is -0.300 e. The monoisotopic (exact) mass is 356 g/mol. The van der Waals surface area contributed by atoms with Crippen molar-refractivity contribution in [2.75, 3.05) is 5.32 Å². The van der Waals surface area contributed by atoms with Gasteiger partial charge in [0, 0.05) is 12.1 Å². The van der Waals surface area contributed by atoms with Gasteiger partial charge in [0.05, 0.1) is 5.92 Å². The summed E-state index contributed by atoms with van der Waals surface area (Å²) in [5.74, 6) is -3.30. The fraction of sp³-hybridized carbons (Fsp3) is 0.467. The van der Waals surface area contributed by atoms with Gasteiger partial charge in [-0.15, -0.1) is 10.2 Å². The van der Waals surface area contributed by atoms with Crippen molar-refractivity contribution in [2.45, 2.75) is 31.9 Å². The highest BCUT2D eigenvalue weighted by Gasteiger charge is 2.48. The van der Waals surface area contributed by atoms with Crippen molar-refractivity contribution >= 4 is 22.4 Å². The summed E-state index contributed by atoms with van der Waals surface area (Å²) < 4.78 is 39.3. The highest BCUT2D eigenvalue weighted by molar-refractivity contribution is 7.18. The second-order valence-corrected chi connectivity index (χ2v) is 6.63. The van der Waals surface area contributed by atoms with Crippen LogP contribution in [0, 0.1) is 11.8 Å². The number of rotatable bonds is 3. The summed E-state index contributed by atoms with van der Waals surface area (Å²) in [6.07, 6.45) is -1.40. The molecule has 1 fully saturated rings. The number of halogens is 3. The van der Waals surface area contributed by atoms with E-state index in [1.807, 2.05) is 0 Å². The molecule has 2 aromatic rings. The van der Waals surface area contributed by atoms with E-state index >= 15 is 0 Å². The number of amides is 1. The van der Waals surface area contributed by atoms with Gasteiger partial charge in [0.1, 0.15) is 5.69 Å². The van der Waals surface area contributed by atoms with Crippen LogP contribution in [0.1, 0.15) is 25.7 Å². The van der Waals surface area contributed by atoms with Crippen LogP contribution in [-0.4, -0.2) is 27.3 Å². The molecule has 1 aliphatic rings. The fourth-order valence-corrected chi connectivity index (χ4v) is 3.62. The fourth-order valence-electron chi connectivity index (χ4n) is 2.90. The zero-order valence-corrected chi connectivity index (χ0v) is 13.4. The van der Waals surface area contributed by atoms with Crippen LogP contribution >= 0.6 is 11.3 Å². The number of anilines is 1. The highest BCUT2D eigenvalue weighted by Crippen LogP contribution is 2.42. The summed E-state index contributed by atoms with van der Waals surface area (Å²) in [7, 11) is 0. The van der Waals surface area contributed by atoms with Gasteiger partial charge in [-0.1, -0.05) is 30.2 Å². The Kier molecular flexibility index (Phi) is 4.79. The number of hydrogen-bond donors (Lipinski definition) is 1. The lowest BCUT2D eigenvalue weighted by Crippen LogP contribution is -2.39. The Morgan fingerprint density at radius 3 is 2.71 bits per heavy atom. The first-order valence-corrected chi connectivity index (χ1v) is 8.39. The second-order valence-electron chi connectivity index (χ2n) is 5.66. The van der Waals surface area contributed by atoms with Crippen LogP contribution in [0.2, 0.25) is 0 Å². The molecule has 0 aliphatic heterocycles. The molecule has 1 saturated carbocycles. The predicted molar refractivity (Wildman–Crippen MR) is 83.3 cm³/mol. The molecule has 1 amide bonds. The van der Waals surface area contributed by atoms with Crippen LogP contribution in [0.4, 0.5) is 18.3 Å². The van der Waals surface area contributed by atoms with Crippen LogP contribution in [0.25, 0.3) is 10.7 Å². The molecule has 1 aliphatic carbocycles. The van der Waals surface area contributed by atoms with Crippen LogP contribution in [-0.2, 0) is 4.79 Å². The zero-order chi connectivity index (χ0) is 17.2. The molecule has 0 saturated heterocycles. The van der Waals surface area contributed by atoms with E-state index < -0.39 is 23.9 Å². The van der Waals surface area contributed by atoms with Gasteiger partial charge in [-0.3, -0.25) is 9.78 Å². The molecule has 0 spiro atoms. The van der Waals surface area contributed by atoms with E-state index in [-0.39, 0.29) is 18.0 Å². The summed E-state index contributed by atoms with van der Waals surface area (Å²) >= 11 is 1.09. The number of hydrogen-bond acceptors (Lipinski definition) is 5. The maximum atomic E-state index is 13.1. The molecule has 2 aromatic heterocycles. The van der Waals surface area contributed by atoms with Crippen molar-refractivity contribution in [1.82, 2.24) is 15.2 Å². The lowest BCUT2D eigenvalue weighted by atomic mass is 9.78. The molecular weight excluding hydrogens is 341 g/mol. The number of carbonyl (C=O) groups excluding carboxylic acids is 1. The van der Waals surface area contributed by atoms with Crippen LogP contribution in [0.15, 0.2) is 24.4 Å². The number of nitrogens with zero attached hydrogens (tertiary/aromatic N) is 3. The molecule has 1 N–H and O–H groups in total. The summed E-state index contributed by atoms with van der Waals surface area (Å²) in [6, 6.07) is 5.29. The average Bonchev–Trinajstić information content (AvgIpc) is 3.03. The number of aromatic nitrogens is 3. The number of carbonyl (C=O) groups is 1. The Morgan fingerprint density at radius 2 is 2.00 bits per heavy atom. The first-order chi connectivity index (χ1) is 11.4. The van der Waals surface area contributed by atoms with E-state index in [4.69, 9.17) is 0 Å². The number of nitrogens with one attached hydrogen (secondary N) is 1. The van der Waals surface area contributed by atoms with E-state index in [2.05, 4.69) is 20.5 Å². The minimum atomic E-state index is -4.36. The third kappa shape index (κ3) is 3.72. The van der Waals surface area contributed by atoms with E-state index in [1.165, 1.54) is 0 Å². The van der Waals surface area contributed by atoms with Gasteiger partial charge >= 0.3 is 6.18 Å². The van der Waals surface area contributed by atoms with Crippen molar-refractivity contribution in [3.63, 3.8) is 0 Å². The standard InChI is InChI=1S/C15H15F3N4OS/c16-15(17,18)10-6-2-1-5-9(10)12(23)20-14-22-21-13(24-14)11-7-3-4-8-19-11/h3-4,7-10H,1-2,5-6H2,(H,20,22,23)/t9-,10+/m0/s1. The Balaban J connectivity index is 1.71. The van der Waals surface area contributed by atoms with Gasteiger partial charge in [-0.2, -0.15) is 13.2 Å². The molecule has 24 heavy (non-hydrogen) atoms. The summed E-state index contributed by atoms with van der Waals surface area (Å²) in [6.45, 7) is 0. The van der Waals surface area contributed by atoms with Gasteiger partial charge in [0.2, 0.25) is 11.0 Å². The predicted octanol–water partition coefficient (Wildman–Crippen LogP) is 3.91. The van der Waals surface area contributed by atoms with Crippen molar-refractivity contribution in [3.8, 4) is 10.7 Å². The van der Waals surface area contributed by atoms with E-state index in [9.17, 15) is 18.0 Å². The molecule has 128 valence electrons. The molecule has 0 unspecified atom stereocenters. The van der Waals surface area contributed by atoms with Gasteiger partial charge in [-0.05, 0) is 25.0 Å². The summed E-state index contributed by atoms with van der Waals surface area (Å²) in [5, 5.41) is 10.9. The number of pyridine rings is 1. The molecule has 0 aromatic carbocycles. The van der Waals surface area contributed by atoms with Crippen LogP contribution in [0.5, 0.6) is 0 Å². The average molecular weight is 356 g/mol. The van der Waals surface area contributed by atoms with Gasteiger partial charge in [0.25, 0.3) is 0 Å². The highest BCUT2D eigenvalue weighted by atomic mass is 32.1. The lowest BCUT2D eigenvalue weighted by Gasteiger charge is -2.31. The first kappa shape index (κ1) is 16.8. The first-order valence-electron chi connectivity index (χ1n) is 7.57. The molecule has 9 heteroatoms. The summed E-state index contributed by atoms with van der Waals surface area (Å²) in [4.78, 5) is 16.4. The van der Waals surface area contributed by atoms with Gasteiger partial charge in [-0.25, -0.2) is 0 Å². The topological polar surface area (TPSA) is 67.8 Å². The molecular formula is C15H15F3N4OS. The zero-order valence-electron chi connectivity index (χ0n) is 12.6. The normalized spacial score (nSPS) is 21.5. The lowest BCUT2D eigenvalue weighted by molar-refractivity contribution is -0.197. The SMILES string of the molecule is O=C(Nc1nnc(-c2ccccn2)s1)[C@H]1CCCC[C@H]1C(F)(F)F. The maximum Gasteiger partial charge on any atom is 0.392 e. The minimum absolute atomic E-state index is 0.00308. The van der Waals surface area contributed by atoms with Crippen molar-refractivity contribution in [1.29, 1.82) is 0 Å². The molecule has 5 nitrogen and oxygen atoms in total. The maximum absolute atomic E-state index is 13.1. The second kappa shape index (κ2) is 6.84. The van der Waals surface area contributed by atoms with Crippen molar-refractivity contribution in [3.05, 3.63) is 24.4 Å². The molecule has 0 bridgehead atoms. The smallest absolute Gasteiger partial charge is 0.300 e. The number of alkyl halides is 3. The Morgan fingerprint density at radius 1 is 1.21 bits per heavy atom. The Bertz CT molecular complexity index is 704. The van der Waals surface area contributed by atoms with Gasteiger partial charge in [0.15, 0.2) is 5.01 Å². The summed E-state index contributed by atoms with van der Waals surface area (Å²) in [5.41, 5.74) is 0.598. The third-order valence-corrected chi connectivity index (χ3v) is 4.92. The molecule has 2 atom stereocenters. The van der Waals surface area contributed by atoms with E-state index in [1.54, 1.807) is 24.4 Å². The molecule has 2 heterocycles.